The van der Waals surface area contributed by atoms with Gasteiger partial charge in [-0.1, -0.05) is 12.1 Å². The number of aromatic nitrogens is 1. The number of H-pyrrole nitrogens is 1. The van der Waals surface area contributed by atoms with Crippen LogP contribution < -0.4 is 10.1 Å². The van der Waals surface area contributed by atoms with Crippen molar-refractivity contribution in [3.05, 3.63) is 59.8 Å². The van der Waals surface area contributed by atoms with Gasteiger partial charge >= 0.3 is 0 Å². The van der Waals surface area contributed by atoms with Gasteiger partial charge in [0.1, 0.15) is 5.75 Å². The lowest BCUT2D eigenvalue weighted by atomic mass is 10.1. The van der Waals surface area contributed by atoms with E-state index in [-0.39, 0.29) is 0 Å². The summed E-state index contributed by atoms with van der Waals surface area (Å²) in [5, 5.41) is 4.78. The predicted molar refractivity (Wildman–Crippen MR) is 88.0 cm³/mol. The molecule has 0 bridgehead atoms. The van der Waals surface area contributed by atoms with Crippen LogP contribution in [0.5, 0.6) is 5.75 Å². The van der Waals surface area contributed by atoms with E-state index in [0.29, 0.717) is 6.61 Å². The Balaban J connectivity index is 1.77. The molecule has 3 rings (SSSR count). The molecule has 2 N–H and O–H groups in total. The van der Waals surface area contributed by atoms with E-state index in [0.717, 1.165) is 18.0 Å². The average Bonchev–Trinajstić information content (AvgIpc) is 2.96. The molecule has 108 valence electrons. The molecular formula is C18H20N2O. The van der Waals surface area contributed by atoms with Gasteiger partial charge in [-0.05, 0) is 55.3 Å². The van der Waals surface area contributed by atoms with Crippen LogP contribution in [0.1, 0.15) is 18.1 Å². The summed E-state index contributed by atoms with van der Waals surface area (Å²) in [7, 11) is 0. The summed E-state index contributed by atoms with van der Waals surface area (Å²) in [5.41, 5.74) is 4.81. The summed E-state index contributed by atoms with van der Waals surface area (Å²) in [6, 6.07) is 14.6. The number of nitrogens with one attached hydrogen (secondary N) is 2. The second kappa shape index (κ2) is 5.92. The van der Waals surface area contributed by atoms with E-state index >= 15 is 0 Å². The Morgan fingerprint density at radius 3 is 2.86 bits per heavy atom. The van der Waals surface area contributed by atoms with E-state index in [9.17, 15) is 0 Å². The molecule has 2 aromatic carbocycles. The molecule has 0 aliphatic heterocycles. The summed E-state index contributed by atoms with van der Waals surface area (Å²) in [4.78, 5) is 3.25. The first-order valence-electron chi connectivity index (χ1n) is 7.30. The lowest BCUT2D eigenvalue weighted by Gasteiger charge is -2.12. The number of ether oxygens (including phenoxy) is 1. The lowest BCUT2D eigenvalue weighted by molar-refractivity contribution is 0.340. The molecule has 3 heteroatoms. The third-order valence-corrected chi connectivity index (χ3v) is 3.66. The van der Waals surface area contributed by atoms with Crippen molar-refractivity contribution in [2.24, 2.45) is 0 Å². The fourth-order valence-electron chi connectivity index (χ4n) is 2.59. The number of benzene rings is 2. The van der Waals surface area contributed by atoms with Gasteiger partial charge in [0.25, 0.3) is 0 Å². The zero-order chi connectivity index (χ0) is 14.7. The summed E-state index contributed by atoms with van der Waals surface area (Å²) >= 11 is 0. The Labute approximate surface area is 125 Å². The molecule has 0 radical (unpaired) electrons. The lowest BCUT2D eigenvalue weighted by Crippen LogP contribution is -2.02. The van der Waals surface area contributed by atoms with Crippen molar-refractivity contribution in [1.29, 1.82) is 0 Å². The molecule has 0 spiro atoms. The fourth-order valence-corrected chi connectivity index (χ4v) is 2.59. The molecule has 0 amide bonds. The number of rotatable bonds is 5. The minimum atomic E-state index is 0.696. The van der Waals surface area contributed by atoms with Crippen molar-refractivity contribution in [1.82, 2.24) is 4.98 Å². The summed E-state index contributed by atoms with van der Waals surface area (Å²) in [6.07, 6.45) is 1.98. The van der Waals surface area contributed by atoms with E-state index < -0.39 is 0 Å². The Hall–Kier alpha value is -2.42. The van der Waals surface area contributed by atoms with Crippen LogP contribution in [-0.2, 0) is 6.54 Å². The first-order valence-corrected chi connectivity index (χ1v) is 7.30. The second-order valence-corrected chi connectivity index (χ2v) is 5.12. The van der Waals surface area contributed by atoms with Crippen molar-refractivity contribution in [2.75, 3.05) is 11.9 Å². The van der Waals surface area contributed by atoms with Crippen LogP contribution in [0.25, 0.3) is 10.9 Å². The molecule has 0 aliphatic rings. The molecular weight excluding hydrogens is 260 g/mol. The van der Waals surface area contributed by atoms with Gasteiger partial charge in [0.15, 0.2) is 0 Å². The quantitative estimate of drug-likeness (QED) is 0.722. The first-order chi connectivity index (χ1) is 10.3. The monoisotopic (exact) mass is 280 g/mol. The smallest absolute Gasteiger partial charge is 0.119 e. The number of hydrogen-bond acceptors (Lipinski definition) is 2. The van der Waals surface area contributed by atoms with Crippen LogP contribution in [0.3, 0.4) is 0 Å². The minimum Gasteiger partial charge on any atom is -0.494 e. The first kappa shape index (κ1) is 13.6. The van der Waals surface area contributed by atoms with Crippen molar-refractivity contribution in [2.45, 2.75) is 20.4 Å². The minimum absolute atomic E-state index is 0.696. The largest absolute Gasteiger partial charge is 0.494 e. The SMILES string of the molecule is CCOc1ccc(NCc2cccc3[nH]ccc23)c(C)c1. The van der Waals surface area contributed by atoms with Gasteiger partial charge in [-0.3, -0.25) is 0 Å². The van der Waals surface area contributed by atoms with Gasteiger partial charge < -0.3 is 15.0 Å². The van der Waals surface area contributed by atoms with Crippen molar-refractivity contribution in [3.8, 4) is 5.75 Å². The average molecular weight is 280 g/mol. The number of hydrogen-bond donors (Lipinski definition) is 2. The highest BCUT2D eigenvalue weighted by Crippen LogP contribution is 2.23. The number of fused-ring (bicyclic) bond motifs is 1. The second-order valence-electron chi connectivity index (χ2n) is 5.12. The zero-order valence-corrected chi connectivity index (χ0v) is 12.4. The third kappa shape index (κ3) is 2.87. The highest BCUT2D eigenvalue weighted by molar-refractivity contribution is 5.83. The van der Waals surface area contributed by atoms with Gasteiger partial charge in [0.05, 0.1) is 6.61 Å². The molecule has 0 aliphatic carbocycles. The maximum atomic E-state index is 5.52. The Kier molecular flexibility index (Phi) is 3.82. The van der Waals surface area contributed by atoms with Crippen LogP contribution in [0.4, 0.5) is 5.69 Å². The molecule has 0 saturated carbocycles. The predicted octanol–water partition coefficient (Wildman–Crippen LogP) is 4.49. The van der Waals surface area contributed by atoms with Crippen LogP contribution >= 0.6 is 0 Å². The normalized spacial score (nSPS) is 10.8. The summed E-state index contributed by atoms with van der Waals surface area (Å²) in [5.74, 6) is 0.924. The number of aromatic amines is 1. The maximum absolute atomic E-state index is 5.52. The van der Waals surface area contributed by atoms with Crippen LogP contribution in [0.15, 0.2) is 48.7 Å². The third-order valence-electron chi connectivity index (χ3n) is 3.66. The van der Waals surface area contributed by atoms with E-state index in [1.807, 2.05) is 19.2 Å². The van der Waals surface area contributed by atoms with Crippen LogP contribution in [0, 0.1) is 6.92 Å². The molecule has 1 aromatic heterocycles. The van der Waals surface area contributed by atoms with Gasteiger partial charge in [-0.15, -0.1) is 0 Å². The van der Waals surface area contributed by atoms with Gasteiger partial charge in [0.2, 0.25) is 0 Å². The number of anilines is 1. The van der Waals surface area contributed by atoms with E-state index in [2.05, 4.69) is 53.6 Å². The van der Waals surface area contributed by atoms with Gasteiger partial charge in [0, 0.05) is 29.3 Å². The molecule has 0 unspecified atom stereocenters. The molecule has 21 heavy (non-hydrogen) atoms. The van der Waals surface area contributed by atoms with Crippen molar-refractivity contribution < 1.29 is 4.74 Å². The molecule has 1 heterocycles. The van der Waals surface area contributed by atoms with Gasteiger partial charge in [-0.2, -0.15) is 0 Å². The molecule has 0 atom stereocenters. The van der Waals surface area contributed by atoms with E-state index in [4.69, 9.17) is 4.74 Å². The highest BCUT2D eigenvalue weighted by atomic mass is 16.5. The molecule has 0 saturated heterocycles. The Bertz CT molecular complexity index is 746. The highest BCUT2D eigenvalue weighted by Gasteiger charge is 2.04. The molecule has 3 nitrogen and oxygen atoms in total. The van der Waals surface area contributed by atoms with Gasteiger partial charge in [-0.25, -0.2) is 0 Å². The fraction of sp³-hybridized carbons (Fsp3) is 0.222. The zero-order valence-electron chi connectivity index (χ0n) is 12.4. The molecule has 0 fully saturated rings. The van der Waals surface area contributed by atoms with Crippen LogP contribution in [0.2, 0.25) is 0 Å². The van der Waals surface area contributed by atoms with Crippen molar-refractivity contribution >= 4 is 16.6 Å². The standard InChI is InChI=1S/C18H20N2O/c1-3-21-15-7-8-17(13(2)11-15)20-12-14-5-4-6-18-16(14)9-10-19-18/h4-11,19-20H,3,12H2,1-2H3. The number of aryl methyl sites for hydroxylation is 1. The Morgan fingerprint density at radius 1 is 1.14 bits per heavy atom. The van der Waals surface area contributed by atoms with E-state index in [1.165, 1.54) is 22.0 Å². The van der Waals surface area contributed by atoms with Crippen molar-refractivity contribution in [3.63, 3.8) is 0 Å². The molecule has 3 aromatic rings. The Morgan fingerprint density at radius 2 is 2.05 bits per heavy atom. The topological polar surface area (TPSA) is 37.0 Å². The van der Waals surface area contributed by atoms with Crippen LogP contribution in [-0.4, -0.2) is 11.6 Å². The summed E-state index contributed by atoms with van der Waals surface area (Å²) in [6.45, 7) is 5.60. The summed E-state index contributed by atoms with van der Waals surface area (Å²) < 4.78 is 5.52. The van der Waals surface area contributed by atoms with E-state index in [1.54, 1.807) is 0 Å². The maximum Gasteiger partial charge on any atom is 0.119 e.